The van der Waals surface area contributed by atoms with Gasteiger partial charge in [0.15, 0.2) is 5.78 Å². The van der Waals surface area contributed by atoms with Crippen LogP contribution in [0.15, 0.2) is 18.2 Å². The molecule has 0 aliphatic rings. The Morgan fingerprint density at radius 2 is 2.20 bits per heavy atom. The lowest BCUT2D eigenvalue weighted by Crippen LogP contribution is -2.00. The molecule has 0 aliphatic heterocycles. The van der Waals surface area contributed by atoms with E-state index in [1.165, 1.54) is 0 Å². The van der Waals surface area contributed by atoms with Crippen molar-refractivity contribution in [2.75, 3.05) is 5.33 Å². The molecule has 0 amide bonds. The van der Waals surface area contributed by atoms with Crippen molar-refractivity contribution in [3.05, 3.63) is 34.3 Å². The Morgan fingerprint density at radius 1 is 1.47 bits per heavy atom. The van der Waals surface area contributed by atoms with Gasteiger partial charge in [-0.2, -0.15) is 0 Å². The van der Waals surface area contributed by atoms with Gasteiger partial charge in [-0.25, -0.2) is 0 Å². The number of carbonyl (C=O) groups excluding carboxylic acids is 1. The van der Waals surface area contributed by atoms with Crippen molar-refractivity contribution >= 4 is 33.3 Å². The van der Waals surface area contributed by atoms with Gasteiger partial charge in [-0.05, 0) is 36.6 Å². The second-order valence-corrected chi connectivity index (χ2v) is 4.58. The van der Waals surface area contributed by atoms with Crippen LogP contribution in [0.1, 0.15) is 35.7 Å². The fourth-order valence-corrected chi connectivity index (χ4v) is 1.92. The summed E-state index contributed by atoms with van der Waals surface area (Å²) in [5.74, 6) is 0.195. The third kappa shape index (κ3) is 3.62. The molecule has 0 saturated carbocycles. The Bertz CT molecular complexity index is 349. The van der Waals surface area contributed by atoms with Crippen LogP contribution in [0, 0.1) is 0 Å². The Labute approximate surface area is 104 Å². The summed E-state index contributed by atoms with van der Waals surface area (Å²) in [5.41, 5.74) is 1.82. The van der Waals surface area contributed by atoms with E-state index in [2.05, 4.69) is 15.9 Å². The van der Waals surface area contributed by atoms with Crippen LogP contribution in [-0.4, -0.2) is 11.1 Å². The summed E-state index contributed by atoms with van der Waals surface area (Å²) in [7, 11) is 0. The summed E-state index contributed by atoms with van der Waals surface area (Å²) < 4.78 is 0. The highest BCUT2D eigenvalue weighted by Gasteiger charge is 2.07. The molecule has 0 spiro atoms. The molecule has 0 radical (unpaired) electrons. The molecule has 0 fully saturated rings. The highest BCUT2D eigenvalue weighted by atomic mass is 79.9. The predicted molar refractivity (Wildman–Crippen MR) is 68.2 cm³/mol. The highest BCUT2D eigenvalue weighted by Crippen LogP contribution is 2.19. The molecule has 0 N–H and O–H groups in total. The van der Waals surface area contributed by atoms with E-state index in [0.29, 0.717) is 6.42 Å². The smallest absolute Gasteiger partial charge is 0.162 e. The zero-order chi connectivity index (χ0) is 11.3. The number of benzene rings is 1. The van der Waals surface area contributed by atoms with Crippen molar-refractivity contribution in [2.24, 2.45) is 0 Å². The van der Waals surface area contributed by atoms with E-state index >= 15 is 0 Å². The van der Waals surface area contributed by atoms with Crippen molar-refractivity contribution in [1.82, 2.24) is 0 Å². The van der Waals surface area contributed by atoms with E-state index < -0.39 is 0 Å². The standard InChI is InChI=1S/C12H14BrClO/c1-2-9-8-10(5-6-11(9)14)12(15)4-3-7-13/h5-6,8H,2-4,7H2,1H3. The summed E-state index contributed by atoms with van der Waals surface area (Å²) in [6.45, 7) is 2.04. The minimum absolute atomic E-state index is 0.195. The number of aryl methyl sites for hydroxylation is 1. The minimum atomic E-state index is 0.195. The molecule has 82 valence electrons. The molecule has 0 saturated heterocycles. The van der Waals surface area contributed by atoms with Gasteiger partial charge in [0, 0.05) is 22.3 Å². The Balaban J connectivity index is 2.81. The number of hydrogen-bond acceptors (Lipinski definition) is 1. The minimum Gasteiger partial charge on any atom is -0.294 e. The number of carbonyl (C=O) groups is 1. The zero-order valence-electron chi connectivity index (χ0n) is 8.72. The monoisotopic (exact) mass is 288 g/mol. The molecule has 3 heteroatoms. The molecule has 0 unspecified atom stereocenters. The molecule has 0 aromatic heterocycles. The first-order valence-electron chi connectivity index (χ1n) is 5.06. The third-order valence-corrected chi connectivity index (χ3v) is 3.22. The lowest BCUT2D eigenvalue weighted by atomic mass is 10.0. The molecule has 1 rings (SSSR count). The number of rotatable bonds is 5. The average molecular weight is 290 g/mol. The molecular weight excluding hydrogens is 275 g/mol. The van der Waals surface area contributed by atoms with Crippen LogP contribution in [0.2, 0.25) is 5.02 Å². The van der Waals surface area contributed by atoms with Gasteiger partial charge in [-0.1, -0.05) is 34.5 Å². The van der Waals surface area contributed by atoms with Crippen LogP contribution >= 0.6 is 27.5 Å². The molecular formula is C12H14BrClO. The lowest BCUT2D eigenvalue weighted by molar-refractivity contribution is 0.0982. The Kier molecular flexibility index (Phi) is 5.34. The van der Waals surface area contributed by atoms with Crippen molar-refractivity contribution in [3.63, 3.8) is 0 Å². The van der Waals surface area contributed by atoms with Gasteiger partial charge in [0.05, 0.1) is 0 Å². The van der Waals surface area contributed by atoms with E-state index in [-0.39, 0.29) is 5.78 Å². The van der Waals surface area contributed by atoms with E-state index in [0.717, 1.165) is 34.3 Å². The second-order valence-electron chi connectivity index (χ2n) is 3.38. The summed E-state index contributed by atoms with van der Waals surface area (Å²) in [4.78, 5) is 11.7. The van der Waals surface area contributed by atoms with E-state index in [9.17, 15) is 4.79 Å². The van der Waals surface area contributed by atoms with Crippen LogP contribution in [0.3, 0.4) is 0 Å². The van der Waals surface area contributed by atoms with Crippen molar-refractivity contribution in [1.29, 1.82) is 0 Å². The maximum atomic E-state index is 11.7. The van der Waals surface area contributed by atoms with E-state index in [1.807, 2.05) is 19.1 Å². The number of ketones is 1. The first-order chi connectivity index (χ1) is 7.19. The summed E-state index contributed by atoms with van der Waals surface area (Å²) >= 11 is 9.30. The maximum Gasteiger partial charge on any atom is 0.162 e. The highest BCUT2D eigenvalue weighted by molar-refractivity contribution is 9.09. The van der Waals surface area contributed by atoms with Crippen molar-refractivity contribution in [3.8, 4) is 0 Å². The maximum absolute atomic E-state index is 11.7. The summed E-state index contributed by atoms with van der Waals surface area (Å²) in [6, 6.07) is 5.51. The molecule has 15 heavy (non-hydrogen) atoms. The molecule has 1 aromatic carbocycles. The molecule has 0 atom stereocenters. The number of halogens is 2. The third-order valence-electron chi connectivity index (χ3n) is 2.29. The van der Waals surface area contributed by atoms with Crippen LogP contribution in [-0.2, 0) is 6.42 Å². The quantitative estimate of drug-likeness (QED) is 0.585. The van der Waals surface area contributed by atoms with Gasteiger partial charge >= 0.3 is 0 Å². The van der Waals surface area contributed by atoms with E-state index in [4.69, 9.17) is 11.6 Å². The first kappa shape index (κ1) is 12.7. The largest absolute Gasteiger partial charge is 0.294 e. The van der Waals surface area contributed by atoms with Crippen molar-refractivity contribution < 1.29 is 4.79 Å². The van der Waals surface area contributed by atoms with Gasteiger partial charge in [-0.3, -0.25) is 4.79 Å². The summed E-state index contributed by atoms with van der Waals surface area (Å²) in [5, 5.41) is 1.61. The van der Waals surface area contributed by atoms with Crippen LogP contribution in [0.5, 0.6) is 0 Å². The van der Waals surface area contributed by atoms with Gasteiger partial charge in [0.2, 0.25) is 0 Å². The van der Waals surface area contributed by atoms with Crippen molar-refractivity contribution in [2.45, 2.75) is 26.2 Å². The van der Waals surface area contributed by atoms with Crippen LogP contribution in [0.4, 0.5) is 0 Å². The normalized spacial score (nSPS) is 10.3. The zero-order valence-corrected chi connectivity index (χ0v) is 11.1. The van der Waals surface area contributed by atoms with Gasteiger partial charge in [0.1, 0.15) is 0 Å². The fourth-order valence-electron chi connectivity index (χ4n) is 1.39. The Morgan fingerprint density at radius 3 is 2.80 bits per heavy atom. The molecule has 1 aromatic rings. The fraction of sp³-hybridized carbons (Fsp3) is 0.417. The number of alkyl halides is 1. The topological polar surface area (TPSA) is 17.1 Å². The lowest BCUT2D eigenvalue weighted by Gasteiger charge is -2.04. The average Bonchev–Trinajstić information content (AvgIpc) is 2.26. The summed E-state index contributed by atoms with van der Waals surface area (Å²) in [6.07, 6.45) is 2.33. The molecule has 0 aliphatic carbocycles. The van der Waals surface area contributed by atoms with Gasteiger partial charge in [0.25, 0.3) is 0 Å². The molecule has 0 bridgehead atoms. The van der Waals surface area contributed by atoms with Crippen LogP contribution in [0.25, 0.3) is 0 Å². The van der Waals surface area contributed by atoms with E-state index in [1.54, 1.807) is 6.07 Å². The Hall–Kier alpha value is -0.340. The number of Topliss-reactive ketones (excluding diaryl/α,β-unsaturated/α-hetero) is 1. The first-order valence-corrected chi connectivity index (χ1v) is 6.56. The van der Waals surface area contributed by atoms with Crippen LogP contribution < -0.4 is 0 Å². The predicted octanol–water partition coefficient (Wildman–Crippen LogP) is 4.26. The SMILES string of the molecule is CCc1cc(C(=O)CCCBr)ccc1Cl. The number of hydrogen-bond donors (Lipinski definition) is 0. The van der Waals surface area contributed by atoms with Gasteiger partial charge in [-0.15, -0.1) is 0 Å². The second kappa shape index (κ2) is 6.29. The molecule has 1 nitrogen and oxygen atoms in total. The molecule has 0 heterocycles. The van der Waals surface area contributed by atoms with Gasteiger partial charge < -0.3 is 0 Å².